The summed E-state index contributed by atoms with van der Waals surface area (Å²) in [6.45, 7) is 2.92. The van der Waals surface area contributed by atoms with Gasteiger partial charge in [-0.3, -0.25) is 0 Å². The Labute approximate surface area is 148 Å². The summed E-state index contributed by atoms with van der Waals surface area (Å²) >= 11 is 0. The van der Waals surface area contributed by atoms with E-state index in [2.05, 4.69) is 42.6 Å². The summed E-state index contributed by atoms with van der Waals surface area (Å²) in [5.41, 5.74) is 3.38. The SMILES string of the molecule is Cc1ccccc1[C@@H]1CCCN1C(=O)Nc1cccc2ccccc12. The molecular formula is C22H22N2O. The number of rotatable bonds is 2. The van der Waals surface area contributed by atoms with E-state index in [0.717, 1.165) is 35.8 Å². The van der Waals surface area contributed by atoms with E-state index in [9.17, 15) is 4.79 Å². The third-order valence-corrected chi connectivity index (χ3v) is 5.09. The number of aryl methyl sites for hydroxylation is 1. The predicted molar refractivity (Wildman–Crippen MR) is 103 cm³/mol. The van der Waals surface area contributed by atoms with Gasteiger partial charge in [0.05, 0.1) is 11.7 Å². The molecule has 0 unspecified atom stereocenters. The van der Waals surface area contributed by atoms with Crippen LogP contribution in [0, 0.1) is 6.92 Å². The van der Waals surface area contributed by atoms with Crippen molar-refractivity contribution in [3.63, 3.8) is 0 Å². The van der Waals surface area contributed by atoms with Crippen LogP contribution in [0.3, 0.4) is 0 Å². The first-order valence-electron chi connectivity index (χ1n) is 8.85. The molecule has 3 aromatic rings. The second kappa shape index (κ2) is 6.60. The first-order valence-corrected chi connectivity index (χ1v) is 8.85. The number of urea groups is 1. The Balaban J connectivity index is 1.61. The molecule has 1 aliphatic heterocycles. The number of fused-ring (bicyclic) bond motifs is 1. The van der Waals surface area contributed by atoms with Crippen molar-refractivity contribution in [2.75, 3.05) is 11.9 Å². The molecule has 1 aliphatic rings. The highest BCUT2D eigenvalue weighted by molar-refractivity contribution is 6.01. The van der Waals surface area contributed by atoms with Crippen LogP contribution >= 0.6 is 0 Å². The molecule has 1 saturated heterocycles. The van der Waals surface area contributed by atoms with Gasteiger partial charge in [-0.05, 0) is 42.3 Å². The number of likely N-dealkylation sites (tertiary alicyclic amines) is 1. The number of nitrogens with one attached hydrogen (secondary N) is 1. The molecule has 2 amide bonds. The van der Waals surface area contributed by atoms with Gasteiger partial charge in [-0.1, -0.05) is 60.7 Å². The lowest BCUT2D eigenvalue weighted by molar-refractivity contribution is 0.207. The van der Waals surface area contributed by atoms with Crippen molar-refractivity contribution in [3.05, 3.63) is 77.9 Å². The van der Waals surface area contributed by atoms with Crippen LogP contribution in [0.5, 0.6) is 0 Å². The van der Waals surface area contributed by atoms with E-state index in [1.165, 1.54) is 11.1 Å². The Kier molecular flexibility index (Phi) is 4.14. The molecule has 0 bridgehead atoms. The van der Waals surface area contributed by atoms with E-state index in [-0.39, 0.29) is 12.1 Å². The van der Waals surface area contributed by atoms with Gasteiger partial charge in [0.2, 0.25) is 0 Å². The lowest BCUT2D eigenvalue weighted by atomic mass is 9.99. The average Bonchev–Trinajstić information content (AvgIpc) is 3.12. The van der Waals surface area contributed by atoms with Crippen molar-refractivity contribution in [2.24, 2.45) is 0 Å². The predicted octanol–water partition coefficient (Wildman–Crippen LogP) is 5.52. The number of amides is 2. The molecule has 0 spiro atoms. The molecule has 1 heterocycles. The molecule has 0 saturated carbocycles. The first-order chi connectivity index (χ1) is 12.2. The summed E-state index contributed by atoms with van der Waals surface area (Å²) in [4.78, 5) is 14.9. The molecule has 3 aromatic carbocycles. The van der Waals surface area contributed by atoms with Crippen molar-refractivity contribution in [1.29, 1.82) is 0 Å². The smallest absolute Gasteiger partial charge is 0.317 e. The van der Waals surface area contributed by atoms with Gasteiger partial charge in [-0.25, -0.2) is 4.79 Å². The van der Waals surface area contributed by atoms with Crippen LogP contribution in [-0.2, 0) is 0 Å². The van der Waals surface area contributed by atoms with Gasteiger partial charge in [0.25, 0.3) is 0 Å². The van der Waals surface area contributed by atoms with Crippen molar-refractivity contribution in [2.45, 2.75) is 25.8 Å². The number of nitrogens with zero attached hydrogens (tertiary/aromatic N) is 1. The number of hydrogen-bond acceptors (Lipinski definition) is 1. The van der Waals surface area contributed by atoms with Crippen LogP contribution in [-0.4, -0.2) is 17.5 Å². The van der Waals surface area contributed by atoms with E-state index in [0.29, 0.717) is 0 Å². The van der Waals surface area contributed by atoms with Crippen molar-refractivity contribution in [3.8, 4) is 0 Å². The highest BCUT2D eigenvalue weighted by atomic mass is 16.2. The maximum absolute atomic E-state index is 13.0. The molecule has 1 atom stereocenters. The fourth-order valence-corrected chi connectivity index (χ4v) is 3.82. The quantitative estimate of drug-likeness (QED) is 0.659. The molecule has 4 rings (SSSR count). The van der Waals surface area contributed by atoms with Crippen molar-refractivity contribution in [1.82, 2.24) is 4.90 Å². The minimum Gasteiger partial charge on any atom is -0.317 e. The van der Waals surface area contributed by atoms with Gasteiger partial charge < -0.3 is 10.2 Å². The maximum atomic E-state index is 13.0. The number of carbonyl (C=O) groups is 1. The van der Waals surface area contributed by atoms with Crippen LogP contribution in [0.25, 0.3) is 10.8 Å². The minimum absolute atomic E-state index is 0.0119. The Morgan fingerprint density at radius 1 is 1.00 bits per heavy atom. The van der Waals surface area contributed by atoms with Crippen LogP contribution in [0.4, 0.5) is 10.5 Å². The molecule has 1 N–H and O–H groups in total. The second-order valence-electron chi connectivity index (χ2n) is 6.66. The number of carbonyl (C=O) groups excluding carboxylic acids is 1. The third kappa shape index (κ3) is 2.98. The summed E-state index contributed by atoms with van der Waals surface area (Å²) in [6, 6.07) is 22.7. The van der Waals surface area contributed by atoms with Crippen LogP contribution < -0.4 is 5.32 Å². The van der Waals surface area contributed by atoms with E-state index in [1.54, 1.807) is 0 Å². The third-order valence-electron chi connectivity index (χ3n) is 5.09. The lowest BCUT2D eigenvalue weighted by Gasteiger charge is -2.26. The van der Waals surface area contributed by atoms with Crippen LogP contribution in [0.2, 0.25) is 0 Å². The Bertz CT molecular complexity index is 913. The maximum Gasteiger partial charge on any atom is 0.322 e. The normalized spacial score (nSPS) is 17.0. The Morgan fingerprint density at radius 2 is 1.76 bits per heavy atom. The zero-order valence-corrected chi connectivity index (χ0v) is 14.4. The van der Waals surface area contributed by atoms with E-state index < -0.39 is 0 Å². The molecule has 126 valence electrons. The highest BCUT2D eigenvalue weighted by Gasteiger charge is 2.30. The summed E-state index contributed by atoms with van der Waals surface area (Å²) < 4.78 is 0. The molecule has 0 radical (unpaired) electrons. The zero-order valence-electron chi connectivity index (χ0n) is 14.4. The van der Waals surface area contributed by atoms with Gasteiger partial charge in [0.15, 0.2) is 0 Å². The summed E-state index contributed by atoms with van der Waals surface area (Å²) in [6.07, 6.45) is 2.07. The largest absolute Gasteiger partial charge is 0.322 e. The molecule has 0 aromatic heterocycles. The van der Waals surface area contributed by atoms with Gasteiger partial charge in [-0.15, -0.1) is 0 Å². The van der Waals surface area contributed by atoms with E-state index in [4.69, 9.17) is 0 Å². The second-order valence-corrected chi connectivity index (χ2v) is 6.66. The lowest BCUT2D eigenvalue weighted by Crippen LogP contribution is -2.34. The zero-order chi connectivity index (χ0) is 17.2. The van der Waals surface area contributed by atoms with Gasteiger partial charge >= 0.3 is 6.03 Å². The van der Waals surface area contributed by atoms with Crippen molar-refractivity contribution >= 4 is 22.5 Å². The van der Waals surface area contributed by atoms with Crippen molar-refractivity contribution < 1.29 is 4.79 Å². The molecule has 3 heteroatoms. The summed E-state index contributed by atoms with van der Waals surface area (Å²) in [5.74, 6) is 0. The molecular weight excluding hydrogens is 308 g/mol. The standard InChI is InChI=1S/C22H22N2O/c1-16-8-2-4-11-18(16)21-14-7-15-24(21)22(25)23-20-13-6-10-17-9-3-5-12-19(17)20/h2-6,8-13,21H,7,14-15H2,1H3,(H,23,25)/t21-/m0/s1. The van der Waals surface area contributed by atoms with Gasteiger partial charge in [0.1, 0.15) is 0 Å². The molecule has 1 fully saturated rings. The van der Waals surface area contributed by atoms with E-state index >= 15 is 0 Å². The number of hydrogen-bond donors (Lipinski definition) is 1. The Morgan fingerprint density at radius 3 is 2.64 bits per heavy atom. The van der Waals surface area contributed by atoms with E-state index in [1.807, 2.05) is 41.3 Å². The highest BCUT2D eigenvalue weighted by Crippen LogP contribution is 2.34. The fourth-order valence-electron chi connectivity index (χ4n) is 3.82. The summed E-state index contributed by atoms with van der Waals surface area (Å²) in [7, 11) is 0. The minimum atomic E-state index is -0.0119. The van der Waals surface area contributed by atoms with Gasteiger partial charge in [0, 0.05) is 11.9 Å². The molecule has 25 heavy (non-hydrogen) atoms. The summed E-state index contributed by atoms with van der Waals surface area (Å²) in [5, 5.41) is 5.34. The first kappa shape index (κ1) is 15.7. The number of benzene rings is 3. The van der Waals surface area contributed by atoms with Crippen LogP contribution in [0.1, 0.15) is 30.0 Å². The Hall–Kier alpha value is -2.81. The van der Waals surface area contributed by atoms with Gasteiger partial charge in [-0.2, -0.15) is 0 Å². The topological polar surface area (TPSA) is 32.3 Å². The number of anilines is 1. The molecule has 3 nitrogen and oxygen atoms in total. The monoisotopic (exact) mass is 330 g/mol. The fraction of sp³-hybridized carbons (Fsp3) is 0.227. The average molecular weight is 330 g/mol. The van der Waals surface area contributed by atoms with Crippen LogP contribution in [0.15, 0.2) is 66.7 Å². The molecule has 0 aliphatic carbocycles.